The van der Waals surface area contributed by atoms with Crippen molar-refractivity contribution in [1.29, 1.82) is 0 Å². The van der Waals surface area contributed by atoms with Crippen molar-refractivity contribution >= 4 is 0 Å². The molecule has 0 amide bonds. The predicted molar refractivity (Wildman–Crippen MR) is 75.5 cm³/mol. The van der Waals surface area contributed by atoms with Gasteiger partial charge in [-0.25, -0.2) is 0 Å². The van der Waals surface area contributed by atoms with E-state index in [1.807, 2.05) is 36.4 Å². The van der Waals surface area contributed by atoms with E-state index in [0.717, 1.165) is 17.1 Å². The maximum absolute atomic E-state index is 5.61. The standard InChI is InChI=1S/C15H15N3O3/c1-19-12-6-4-11(5-7-12)15-18-17-14(21-15)10-16-9-13-3-2-8-20-13/h2-8,16H,9-10H2,1H3. The summed E-state index contributed by atoms with van der Waals surface area (Å²) in [6, 6.07) is 11.2. The molecule has 21 heavy (non-hydrogen) atoms. The van der Waals surface area contributed by atoms with Crippen LogP contribution in [-0.2, 0) is 13.1 Å². The number of hydrogen-bond acceptors (Lipinski definition) is 6. The normalized spacial score (nSPS) is 10.7. The molecule has 0 fully saturated rings. The highest BCUT2D eigenvalue weighted by Gasteiger charge is 2.08. The Bertz CT molecular complexity index is 675. The first-order valence-corrected chi connectivity index (χ1v) is 6.55. The van der Waals surface area contributed by atoms with Gasteiger partial charge in [0.05, 0.1) is 26.5 Å². The molecule has 1 aromatic carbocycles. The van der Waals surface area contributed by atoms with Crippen LogP contribution in [0.1, 0.15) is 11.7 Å². The smallest absolute Gasteiger partial charge is 0.247 e. The fourth-order valence-electron chi connectivity index (χ4n) is 1.88. The van der Waals surface area contributed by atoms with Crippen molar-refractivity contribution in [2.24, 2.45) is 0 Å². The van der Waals surface area contributed by atoms with E-state index < -0.39 is 0 Å². The molecule has 0 atom stereocenters. The largest absolute Gasteiger partial charge is 0.497 e. The Hall–Kier alpha value is -2.60. The summed E-state index contributed by atoms with van der Waals surface area (Å²) in [6.45, 7) is 1.11. The molecule has 1 N–H and O–H groups in total. The quantitative estimate of drug-likeness (QED) is 0.750. The molecule has 6 heteroatoms. The Morgan fingerprint density at radius 2 is 1.95 bits per heavy atom. The number of nitrogens with zero attached hydrogens (tertiary/aromatic N) is 2. The number of hydrogen-bond donors (Lipinski definition) is 1. The average Bonchev–Trinajstić information content (AvgIpc) is 3.19. The lowest BCUT2D eigenvalue weighted by Gasteiger charge is -1.99. The van der Waals surface area contributed by atoms with Crippen LogP contribution in [0.15, 0.2) is 51.5 Å². The maximum Gasteiger partial charge on any atom is 0.247 e. The summed E-state index contributed by atoms with van der Waals surface area (Å²) < 4.78 is 15.9. The van der Waals surface area contributed by atoms with Gasteiger partial charge in [0, 0.05) is 5.56 Å². The zero-order valence-electron chi connectivity index (χ0n) is 11.6. The molecule has 0 radical (unpaired) electrons. The molecule has 0 saturated carbocycles. The van der Waals surface area contributed by atoms with Gasteiger partial charge in [-0.2, -0.15) is 0 Å². The molecular formula is C15H15N3O3. The molecule has 108 valence electrons. The van der Waals surface area contributed by atoms with Gasteiger partial charge in [0.1, 0.15) is 11.5 Å². The van der Waals surface area contributed by atoms with E-state index in [0.29, 0.717) is 24.9 Å². The fourth-order valence-corrected chi connectivity index (χ4v) is 1.88. The van der Waals surface area contributed by atoms with Crippen LogP contribution in [0.3, 0.4) is 0 Å². The van der Waals surface area contributed by atoms with Gasteiger partial charge < -0.3 is 18.9 Å². The molecule has 0 aliphatic heterocycles. The van der Waals surface area contributed by atoms with Crippen molar-refractivity contribution in [3.05, 3.63) is 54.3 Å². The third-order valence-electron chi connectivity index (χ3n) is 2.96. The van der Waals surface area contributed by atoms with Gasteiger partial charge in [0.15, 0.2) is 0 Å². The molecule has 3 rings (SSSR count). The summed E-state index contributed by atoms with van der Waals surface area (Å²) in [7, 11) is 1.63. The lowest BCUT2D eigenvalue weighted by Crippen LogP contribution is -2.12. The van der Waals surface area contributed by atoms with E-state index in [4.69, 9.17) is 13.6 Å². The number of nitrogens with one attached hydrogen (secondary N) is 1. The molecule has 6 nitrogen and oxygen atoms in total. The SMILES string of the molecule is COc1ccc(-c2nnc(CNCc3ccco3)o2)cc1. The lowest BCUT2D eigenvalue weighted by atomic mass is 10.2. The van der Waals surface area contributed by atoms with Crippen LogP contribution in [-0.4, -0.2) is 17.3 Å². The van der Waals surface area contributed by atoms with E-state index in [1.54, 1.807) is 13.4 Å². The van der Waals surface area contributed by atoms with Gasteiger partial charge in [-0.3, -0.25) is 0 Å². The Morgan fingerprint density at radius 1 is 1.10 bits per heavy atom. The van der Waals surface area contributed by atoms with Gasteiger partial charge in [-0.15, -0.1) is 10.2 Å². The van der Waals surface area contributed by atoms with Crippen molar-refractivity contribution < 1.29 is 13.6 Å². The zero-order valence-corrected chi connectivity index (χ0v) is 11.6. The number of ether oxygens (including phenoxy) is 1. The Kier molecular flexibility index (Phi) is 3.97. The van der Waals surface area contributed by atoms with Gasteiger partial charge in [-0.1, -0.05) is 0 Å². The number of aromatic nitrogens is 2. The minimum absolute atomic E-state index is 0.490. The summed E-state index contributed by atoms with van der Waals surface area (Å²) >= 11 is 0. The van der Waals surface area contributed by atoms with Crippen LogP contribution < -0.4 is 10.1 Å². The van der Waals surface area contributed by atoms with Crippen LogP contribution in [0, 0.1) is 0 Å². The van der Waals surface area contributed by atoms with Crippen molar-refractivity contribution in [2.75, 3.05) is 7.11 Å². The third kappa shape index (κ3) is 3.29. The Labute approximate surface area is 121 Å². The highest BCUT2D eigenvalue weighted by molar-refractivity contribution is 5.53. The minimum Gasteiger partial charge on any atom is -0.497 e. The Morgan fingerprint density at radius 3 is 2.67 bits per heavy atom. The van der Waals surface area contributed by atoms with Crippen molar-refractivity contribution in [3.63, 3.8) is 0 Å². The molecule has 0 bridgehead atoms. The third-order valence-corrected chi connectivity index (χ3v) is 2.96. The summed E-state index contributed by atoms with van der Waals surface area (Å²) in [5, 5.41) is 11.2. The first-order valence-electron chi connectivity index (χ1n) is 6.55. The predicted octanol–water partition coefficient (Wildman–Crippen LogP) is 2.63. The van der Waals surface area contributed by atoms with E-state index in [2.05, 4.69) is 15.5 Å². The highest BCUT2D eigenvalue weighted by Crippen LogP contribution is 2.21. The maximum atomic E-state index is 5.61. The van der Waals surface area contributed by atoms with Gasteiger partial charge in [0.2, 0.25) is 11.8 Å². The van der Waals surface area contributed by atoms with Crippen LogP contribution in [0.2, 0.25) is 0 Å². The second-order valence-corrected chi connectivity index (χ2v) is 4.41. The van der Waals surface area contributed by atoms with Crippen molar-refractivity contribution in [2.45, 2.75) is 13.1 Å². The number of furan rings is 1. The lowest BCUT2D eigenvalue weighted by molar-refractivity contribution is 0.414. The van der Waals surface area contributed by atoms with E-state index in [9.17, 15) is 0 Å². The topological polar surface area (TPSA) is 73.3 Å². The summed E-state index contributed by atoms with van der Waals surface area (Å²) in [5.74, 6) is 2.68. The van der Waals surface area contributed by atoms with E-state index in [1.165, 1.54) is 0 Å². The second-order valence-electron chi connectivity index (χ2n) is 4.41. The van der Waals surface area contributed by atoms with Crippen LogP contribution in [0.4, 0.5) is 0 Å². The molecule has 3 aromatic rings. The van der Waals surface area contributed by atoms with Gasteiger partial charge in [-0.05, 0) is 36.4 Å². The second kappa shape index (κ2) is 6.23. The summed E-state index contributed by atoms with van der Waals surface area (Å²) in [6.07, 6.45) is 1.64. The average molecular weight is 285 g/mol. The fraction of sp³-hybridized carbons (Fsp3) is 0.200. The molecule has 0 saturated heterocycles. The molecule has 0 aliphatic carbocycles. The first-order chi connectivity index (χ1) is 10.3. The van der Waals surface area contributed by atoms with Crippen molar-refractivity contribution in [3.8, 4) is 17.2 Å². The minimum atomic E-state index is 0.490. The Balaban J connectivity index is 1.60. The number of methoxy groups -OCH3 is 1. The number of rotatable bonds is 6. The molecule has 2 heterocycles. The summed E-state index contributed by atoms with van der Waals surface area (Å²) in [4.78, 5) is 0. The van der Waals surface area contributed by atoms with E-state index in [-0.39, 0.29) is 0 Å². The molecule has 2 aromatic heterocycles. The van der Waals surface area contributed by atoms with Crippen LogP contribution in [0.5, 0.6) is 5.75 Å². The van der Waals surface area contributed by atoms with Crippen molar-refractivity contribution in [1.82, 2.24) is 15.5 Å². The van der Waals surface area contributed by atoms with Crippen LogP contribution in [0.25, 0.3) is 11.5 Å². The first kappa shape index (κ1) is 13.4. The molecule has 0 spiro atoms. The van der Waals surface area contributed by atoms with Gasteiger partial charge in [0.25, 0.3) is 0 Å². The van der Waals surface area contributed by atoms with Crippen LogP contribution >= 0.6 is 0 Å². The highest BCUT2D eigenvalue weighted by atomic mass is 16.5. The summed E-state index contributed by atoms with van der Waals surface area (Å²) in [5.41, 5.74) is 0.862. The molecular weight excluding hydrogens is 270 g/mol. The monoisotopic (exact) mass is 285 g/mol. The van der Waals surface area contributed by atoms with Gasteiger partial charge >= 0.3 is 0 Å². The van der Waals surface area contributed by atoms with E-state index >= 15 is 0 Å². The number of benzene rings is 1. The molecule has 0 unspecified atom stereocenters. The molecule has 0 aliphatic rings. The zero-order chi connectivity index (χ0) is 14.5.